The van der Waals surface area contributed by atoms with Gasteiger partial charge in [-0.2, -0.15) is 0 Å². The molecule has 4 heteroatoms. The fourth-order valence-corrected chi connectivity index (χ4v) is 1.80. The van der Waals surface area contributed by atoms with Gasteiger partial charge in [-0.1, -0.05) is 0 Å². The Hall–Kier alpha value is -0.580. The summed E-state index contributed by atoms with van der Waals surface area (Å²) in [4.78, 5) is 0. The number of methoxy groups -OCH3 is 1. The highest BCUT2D eigenvalue weighted by Gasteiger charge is 2.50. The molecule has 1 heterocycles. The van der Waals surface area contributed by atoms with Crippen molar-refractivity contribution in [3.8, 4) is 0 Å². The third kappa shape index (κ3) is 1.35. The van der Waals surface area contributed by atoms with E-state index in [4.69, 9.17) is 14.2 Å². The second-order valence-electron chi connectivity index (χ2n) is 3.78. The van der Waals surface area contributed by atoms with Crippen molar-refractivity contribution >= 4 is 0 Å². The second kappa shape index (κ2) is 2.70. The van der Waals surface area contributed by atoms with E-state index in [0.29, 0.717) is 5.76 Å². The van der Waals surface area contributed by atoms with Crippen LogP contribution in [0.25, 0.3) is 0 Å². The molecule has 3 atom stereocenters. The molecule has 1 N–H and O–H groups in total. The maximum atomic E-state index is 9.57. The van der Waals surface area contributed by atoms with Crippen molar-refractivity contribution in [3.05, 3.63) is 11.8 Å². The Labute approximate surface area is 77.1 Å². The zero-order valence-corrected chi connectivity index (χ0v) is 7.98. The van der Waals surface area contributed by atoms with Crippen LogP contribution in [-0.2, 0) is 14.2 Å². The lowest BCUT2D eigenvalue weighted by atomic mass is 10.2. The van der Waals surface area contributed by atoms with Gasteiger partial charge in [0.1, 0.15) is 24.1 Å². The molecule has 0 spiro atoms. The average molecular weight is 186 g/mol. The lowest BCUT2D eigenvalue weighted by Crippen LogP contribution is -2.29. The zero-order chi connectivity index (χ0) is 9.64. The van der Waals surface area contributed by atoms with Crippen molar-refractivity contribution in [2.24, 2.45) is 0 Å². The topological polar surface area (TPSA) is 47.9 Å². The highest BCUT2D eigenvalue weighted by atomic mass is 16.8. The Bertz CT molecular complexity index is 246. The third-order valence-electron chi connectivity index (χ3n) is 2.32. The minimum atomic E-state index is -0.631. The molecule has 0 radical (unpaired) electrons. The quantitative estimate of drug-likeness (QED) is 0.644. The molecule has 2 rings (SSSR count). The first-order chi connectivity index (χ1) is 6.03. The highest BCUT2D eigenvalue weighted by molar-refractivity contribution is 5.19. The van der Waals surface area contributed by atoms with Gasteiger partial charge >= 0.3 is 0 Å². The Kier molecular flexibility index (Phi) is 1.87. The molecule has 0 aromatic carbocycles. The van der Waals surface area contributed by atoms with Gasteiger partial charge in [0.05, 0.1) is 7.11 Å². The Morgan fingerprint density at radius 3 is 2.77 bits per heavy atom. The predicted octanol–water partition coefficient (Wildman–Crippen LogP) is 0.411. The van der Waals surface area contributed by atoms with Crippen LogP contribution in [0.3, 0.4) is 0 Å². The molecule has 1 aliphatic carbocycles. The van der Waals surface area contributed by atoms with Crippen molar-refractivity contribution in [2.45, 2.75) is 37.9 Å². The SMILES string of the molecule is COC1=CC(O)C2OC(C)(C)OC12. The highest BCUT2D eigenvalue weighted by Crippen LogP contribution is 2.38. The first kappa shape index (κ1) is 8.99. The fraction of sp³-hybridized carbons (Fsp3) is 0.778. The molecular weight excluding hydrogens is 172 g/mol. The van der Waals surface area contributed by atoms with Crippen molar-refractivity contribution < 1.29 is 19.3 Å². The second-order valence-corrected chi connectivity index (χ2v) is 3.78. The largest absolute Gasteiger partial charge is 0.498 e. The van der Waals surface area contributed by atoms with Gasteiger partial charge in [0, 0.05) is 0 Å². The van der Waals surface area contributed by atoms with Gasteiger partial charge in [-0.15, -0.1) is 0 Å². The van der Waals surface area contributed by atoms with Gasteiger partial charge in [-0.3, -0.25) is 0 Å². The molecule has 2 aliphatic rings. The van der Waals surface area contributed by atoms with Crippen molar-refractivity contribution in [2.75, 3.05) is 7.11 Å². The predicted molar refractivity (Wildman–Crippen MR) is 44.9 cm³/mol. The number of fused-ring (bicyclic) bond motifs is 1. The monoisotopic (exact) mass is 186 g/mol. The van der Waals surface area contributed by atoms with Crippen LogP contribution in [0.2, 0.25) is 0 Å². The zero-order valence-electron chi connectivity index (χ0n) is 7.98. The Morgan fingerprint density at radius 1 is 1.46 bits per heavy atom. The van der Waals surface area contributed by atoms with E-state index in [-0.39, 0.29) is 12.2 Å². The summed E-state index contributed by atoms with van der Waals surface area (Å²) in [5, 5.41) is 9.57. The van der Waals surface area contributed by atoms with Crippen LogP contribution in [0.15, 0.2) is 11.8 Å². The first-order valence-corrected chi connectivity index (χ1v) is 4.33. The van der Waals surface area contributed by atoms with E-state index >= 15 is 0 Å². The number of aliphatic hydroxyl groups is 1. The average Bonchev–Trinajstić information content (AvgIpc) is 2.47. The Morgan fingerprint density at radius 2 is 2.15 bits per heavy atom. The van der Waals surface area contributed by atoms with E-state index in [0.717, 1.165) is 0 Å². The number of aliphatic hydroxyl groups excluding tert-OH is 1. The molecule has 0 bridgehead atoms. The summed E-state index contributed by atoms with van der Waals surface area (Å²) >= 11 is 0. The van der Waals surface area contributed by atoms with Crippen LogP contribution in [0.1, 0.15) is 13.8 Å². The standard InChI is InChI=1S/C9H14O4/c1-9(2)12-7-5(10)4-6(11-3)8(7)13-9/h4-5,7-8,10H,1-3H3. The lowest BCUT2D eigenvalue weighted by molar-refractivity contribution is -0.155. The molecular formula is C9H14O4. The molecule has 0 amide bonds. The van der Waals surface area contributed by atoms with Gasteiger partial charge in [-0.05, 0) is 19.9 Å². The number of rotatable bonds is 1. The summed E-state index contributed by atoms with van der Waals surface area (Å²) < 4.78 is 16.2. The summed E-state index contributed by atoms with van der Waals surface area (Å²) in [6.07, 6.45) is 0.437. The van der Waals surface area contributed by atoms with Gasteiger partial charge in [0.25, 0.3) is 0 Å². The molecule has 0 saturated carbocycles. The molecule has 3 unspecified atom stereocenters. The maximum Gasteiger partial charge on any atom is 0.164 e. The minimum Gasteiger partial charge on any atom is -0.498 e. The lowest BCUT2D eigenvalue weighted by Gasteiger charge is -2.18. The first-order valence-electron chi connectivity index (χ1n) is 4.33. The fourth-order valence-electron chi connectivity index (χ4n) is 1.80. The van der Waals surface area contributed by atoms with E-state index in [1.165, 1.54) is 0 Å². The van der Waals surface area contributed by atoms with Crippen LogP contribution in [0.4, 0.5) is 0 Å². The van der Waals surface area contributed by atoms with Crippen molar-refractivity contribution in [1.82, 2.24) is 0 Å². The number of hydrogen-bond donors (Lipinski definition) is 1. The third-order valence-corrected chi connectivity index (χ3v) is 2.32. The van der Waals surface area contributed by atoms with Crippen LogP contribution < -0.4 is 0 Å². The van der Waals surface area contributed by atoms with E-state index in [2.05, 4.69) is 0 Å². The minimum absolute atomic E-state index is 0.255. The molecule has 4 nitrogen and oxygen atoms in total. The van der Waals surface area contributed by atoms with Gasteiger partial charge in [0.2, 0.25) is 0 Å². The summed E-state index contributed by atoms with van der Waals surface area (Å²) in [5.41, 5.74) is 0. The van der Waals surface area contributed by atoms with Crippen molar-refractivity contribution in [3.63, 3.8) is 0 Å². The summed E-state index contributed by atoms with van der Waals surface area (Å²) in [7, 11) is 1.57. The van der Waals surface area contributed by atoms with E-state index in [1.54, 1.807) is 13.2 Å². The smallest absolute Gasteiger partial charge is 0.164 e. The molecule has 1 fully saturated rings. The number of ether oxygens (including phenoxy) is 3. The molecule has 1 aliphatic heterocycles. The molecule has 0 aromatic heterocycles. The van der Waals surface area contributed by atoms with Crippen LogP contribution >= 0.6 is 0 Å². The van der Waals surface area contributed by atoms with Gasteiger partial charge in [0.15, 0.2) is 5.79 Å². The van der Waals surface area contributed by atoms with E-state index < -0.39 is 11.9 Å². The van der Waals surface area contributed by atoms with E-state index in [1.807, 2.05) is 13.8 Å². The summed E-state index contributed by atoms with van der Waals surface area (Å²) in [5.74, 6) is 0.0250. The Balaban J connectivity index is 2.19. The van der Waals surface area contributed by atoms with Crippen molar-refractivity contribution in [1.29, 1.82) is 0 Å². The molecule has 13 heavy (non-hydrogen) atoms. The number of hydrogen-bond acceptors (Lipinski definition) is 4. The normalized spacial score (nSPS) is 41.5. The van der Waals surface area contributed by atoms with Crippen LogP contribution in [0.5, 0.6) is 0 Å². The maximum absolute atomic E-state index is 9.57. The van der Waals surface area contributed by atoms with Crippen LogP contribution in [0, 0.1) is 0 Å². The molecule has 74 valence electrons. The van der Waals surface area contributed by atoms with Gasteiger partial charge < -0.3 is 19.3 Å². The molecule has 0 aromatic rings. The van der Waals surface area contributed by atoms with Gasteiger partial charge in [-0.25, -0.2) is 0 Å². The molecule has 1 saturated heterocycles. The summed E-state index contributed by atoms with van der Waals surface area (Å²) in [6, 6.07) is 0. The van der Waals surface area contributed by atoms with Crippen LogP contribution in [-0.4, -0.2) is 36.3 Å². The van der Waals surface area contributed by atoms with E-state index in [9.17, 15) is 5.11 Å². The summed E-state index contributed by atoms with van der Waals surface area (Å²) in [6.45, 7) is 3.65.